The SMILES string of the molecule is O=S(=O)(Nc1cc(Cl)ccc1Cl)c1ccc(F)c(F)c1. The van der Waals surface area contributed by atoms with Crippen molar-refractivity contribution in [2.45, 2.75) is 4.90 Å². The molecule has 0 unspecified atom stereocenters. The molecule has 0 saturated carbocycles. The Morgan fingerprint density at radius 2 is 1.65 bits per heavy atom. The van der Waals surface area contributed by atoms with Crippen LogP contribution in [0.2, 0.25) is 10.0 Å². The number of sulfonamides is 1. The first-order valence-electron chi connectivity index (χ1n) is 5.22. The maximum absolute atomic E-state index is 13.1. The number of nitrogens with one attached hydrogen (secondary N) is 1. The van der Waals surface area contributed by atoms with Gasteiger partial charge in [0.1, 0.15) is 0 Å². The predicted molar refractivity (Wildman–Crippen MR) is 73.6 cm³/mol. The molecule has 0 spiro atoms. The Morgan fingerprint density at radius 1 is 0.950 bits per heavy atom. The van der Waals surface area contributed by atoms with E-state index in [0.717, 1.165) is 12.1 Å². The number of anilines is 1. The summed E-state index contributed by atoms with van der Waals surface area (Å²) in [5.74, 6) is -2.39. The van der Waals surface area contributed by atoms with Crippen molar-refractivity contribution in [1.29, 1.82) is 0 Å². The van der Waals surface area contributed by atoms with E-state index >= 15 is 0 Å². The Labute approximate surface area is 124 Å². The fraction of sp³-hybridized carbons (Fsp3) is 0. The van der Waals surface area contributed by atoms with Crippen molar-refractivity contribution in [2.75, 3.05) is 4.72 Å². The van der Waals surface area contributed by atoms with Crippen LogP contribution < -0.4 is 4.72 Å². The van der Waals surface area contributed by atoms with Gasteiger partial charge in [0, 0.05) is 5.02 Å². The number of rotatable bonds is 3. The molecule has 0 fully saturated rings. The number of halogens is 4. The van der Waals surface area contributed by atoms with Crippen molar-refractivity contribution >= 4 is 38.9 Å². The summed E-state index contributed by atoms with van der Waals surface area (Å²) in [6.45, 7) is 0. The van der Waals surface area contributed by atoms with Crippen LogP contribution in [0.4, 0.5) is 14.5 Å². The van der Waals surface area contributed by atoms with Gasteiger partial charge in [-0.1, -0.05) is 23.2 Å². The highest BCUT2D eigenvalue weighted by molar-refractivity contribution is 7.92. The molecule has 0 aliphatic carbocycles. The standard InChI is InChI=1S/C12H7Cl2F2NO2S/c13-7-1-3-9(14)12(5-7)17-20(18,19)8-2-4-10(15)11(16)6-8/h1-6,17H. The average molecular weight is 338 g/mol. The summed E-state index contributed by atoms with van der Waals surface area (Å²) in [7, 11) is -4.09. The molecule has 0 aliphatic rings. The third-order valence-corrected chi connectivity index (χ3v) is 4.30. The van der Waals surface area contributed by atoms with E-state index in [9.17, 15) is 17.2 Å². The number of hydrogen-bond acceptors (Lipinski definition) is 2. The van der Waals surface area contributed by atoms with Crippen molar-refractivity contribution in [3.63, 3.8) is 0 Å². The highest BCUT2D eigenvalue weighted by atomic mass is 35.5. The fourth-order valence-electron chi connectivity index (χ4n) is 1.42. The zero-order valence-corrected chi connectivity index (χ0v) is 12.0. The van der Waals surface area contributed by atoms with Crippen molar-refractivity contribution in [2.24, 2.45) is 0 Å². The summed E-state index contributed by atoms with van der Waals surface area (Å²) in [6.07, 6.45) is 0. The van der Waals surface area contributed by atoms with E-state index in [-0.39, 0.29) is 15.7 Å². The normalized spacial score (nSPS) is 11.4. The topological polar surface area (TPSA) is 46.2 Å². The molecule has 1 N–H and O–H groups in total. The molecule has 106 valence electrons. The van der Waals surface area contributed by atoms with Gasteiger partial charge in [0.15, 0.2) is 11.6 Å². The first-order chi connectivity index (χ1) is 9.29. The van der Waals surface area contributed by atoms with E-state index in [1.54, 1.807) is 0 Å². The van der Waals surface area contributed by atoms with E-state index in [0.29, 0.717) is 6.07 Å². The fourth-order valence-corrected chi connectivity index (χ4v) is 2.90. The van der Waals surface area contributed by atoms with E-state index < -0.39 is 26.6 Å². The zero-order chi connectivity index (χ0) is 14.9. The van der Waals surface area contributed by atoms with Crippen molar-refractivity contribution in [3.8, 4) is 0 Å². The number of benzene rings is 2. The van der Waals surface area contributed by atoms with E-state index in [1.165, 1.54) is 18.2 Å². The molecule has 2 aromatic carbocycles. The van der Waals surface area contributed by atoms with E-state index in [2.05, 4.69) is 4.72 Å². The van der Waals surface area contributed by atoms with Gasteiger partial charge in [-0.15, -0.1) is 0 Å². The largest absolute Gasteiger partial charge is 0.278 e. The Morgan fingerprint density at radius 3 is 2.30 bits per heavy atom. The van der Waals surface area contributed by atoms with Crippen LogP contribution in [-0.2, 0) is 10.0 Å². The summed E-state index contributed by atoms with van der Waals surface area (Å²) in [4.78, 5) is -0.424. The van der Waals surface area contributed by atoms with Crippen LogP contribution in [0.1, 0.15) is 0 Å². The van der Waals surface area contributed by atoms with Gasteiger partial charge in [0.2, 0.25) is 0 Å². The minimum absolute atomic E-state index is 0.0453. The zero-order valence-electron chi connectivity index (χ0n) is 9.70. The summed E-state index contributed by atoms with van der Waals surface area (Å²) in [6, 6.07) is 6.45. The average Bonchev–Trinajstić information content (AvgIpc) is 2.36. The lowest BCUT2D eigenvalue weighted by molar-refractivity contribution is 0.504. The predicted octanol–water partition coefficient (Wildman–Crippen LogP) is 4.07. The van der Waals surface area contributed by atoms with Gasteiger partial charge in [0.05, 0.1) is 15.6 Å². The molecule has 20 heavy (non-hydrogen) atoms. The lowest BCUT2D eigenvalue weighted by Gasteiger charge is -2.10. The molecule has 0 heterocycles. The summed E-state index contributed by atoms with van der Waals surface area (Å²) in [5, 5.41) is 0.401. The van der Waals surface area contributed by atoms with Gasteiger partial charge < -0.3 is 0 Å². The molecule has 8 heteroatoms. The third-order valence-electron chi connectivity index (χ3n) is 2.37. The van der Waals surface area contributed by atoms with Gasteiger partial charge in [-0.05, 0) is 36.4 Å². The van der Waals surface area contributed by atoms with E-state index in [1.807, 2.05) is 0 Å². The molecule has 3 nitrogen and oxygen atoms in total. The molecular formula is C12H7Cl2F2NO2S. The second-order valence-corrected chi connectivity index (χ2v) is 6.33. The lowest BCUT2D eigenvalue weighted by Crippen LogP contribution is -2.13. The lowest BCUT2D eigenvalue weighted by atomic mass is 10.3. The van der Waals surface area contributed by atoms with Crippen LogP contribution in [0.3, 0.4) is 0 Å². The monoisotopic (exact) mass is 337 g/mol. The van der Waals surface area contributed by atoms with Crippen molar-refractivity contribution < 1.29 is 17.2 Å². The summed E-state index contributed by atoms with van der Waals surface area (Å²) < 4.78 is 52.1. The van der Waals surface area contributed by atoms with Gasteiger partial charge >= 0.3 is 0 Å². The van der Waals surface area contributed by atoms with Crippen LogP contribution in [-0.4, -0.2) is 8.42 Å². The minimum atomic E-state index is -4.09. The summed E-state index contributed by atoms with van der Waals surface area (Å²) >= 11 is 11.6. The molecular weight excluding hydrogens is 331 g/mol. The minimum Gasteiger partial charge on any atom is -0.278 e. The Bertz CT molecular complexity index is 766. The van der Waals surface area contributed by atoms with Crippen molar-refractivity contribution in [1.82, 2.24) is 0 Å². The smallest absolute Gasteiger partial charge is 0.262 e. The third kappa shape index (κ3) is 3.20. The first kappa shape index (κ1) is 15.0. The van der Waals surface area contributed by atoms with Gasteiger partial charge in [-0.25, -0.2) is 17.2 Å². The number of hydrogen-bond donors (Lipinski definition) is 1. The molecule has 0 saturated heterocycles. The second kappa shape index (κ2) is 5.55. The Balaban J connectivity index is 2.40. The van der Waals surface area contributed by atoms with Crippen LogP contribution in [0.5, 0.6) is 0 Å². The van der Waals surface area contributed by atoms with Gasteiger partial charge in [0.25, 0.3) is 10.0 Å². The molecule has 2 aromatic rings. The molecule has 0 aliphatic heterocycles. The van der Waals surface area contributed by atoms with Crippen LogP contribution in [0.25, 0.3) is 0 Å². The molecule has 2 rings (SSSR count). The van der Waals surface area contributed by atoms with Gasteiger partial charge in [-0.2, -0.15) is 0 Å². The molecule has 0 radical (unpaired) electrons. The van der Waals surface area contributed by atoms with Crippen LogP contribution in [0.15, 0.2) is 41.3 Å². The quantitative estimate of drug-likeness (QED) is 0.917. The Kier molecular flexibility index (Phi) is 4.17. The van der Waals surface area contributed by atoms with Crippen LogP contribution in [0, 0.1) is 11.6 Å². The highest BCUT2D eigenvalue weighted by Gasteiger charge is 2.18. The molecule has 0 aromatic heterocycles. The maximum Gasteiger partial charge on any atom is 0.262 e. The maximum atomic E-state index is 13.1. The second-order valence-electron chi connectivity index (χ2n) is 3.81. The van der Waals surface area contributed by atoms with Crippen molar-refractivity contribution in [3.05, 3.63) is 58.1 Å². The molecule has 0 amide bonds. The molecule has 0 bridgehead atoms. The first-order valence-corrected chi connectivity index (χ1v) is 7.46. The van der Waals surface area contributed by atoms with Gasteiger partial charge in [-0.3, -0.25) is 4.72 Å². The molecule has 0 atom stereocenters. The van der Waals surface area contributed by atoms with Crippen LogP contribution >= 0.6 is 23.2 Å². The Hall–Kier alpha value is -1.37. The highest BCUT2D eigenvalue weighted by Crippen LogP contribution is 2.28. The van der Waals surface area contributed by atoms with E-state index in [4.69, 9.17) is 23.2 Å². The summed E-state index contributed by atoms with van der Waals surface area (Å²) in [5.41, 5.74) is 0.0453.